The van der Waals surface area contributed by atoms with Crippen LogP contribution in [0.15, 0.2) is 51.7 Å². The summed E-state index contributed by atoms with van der Waals surface area (Å²) in [5, 5.41) is -0.304. The van der Waals surface area contributed by atoms with Crippen LogP contribution in [-0.2, 0) is 14.3 Å². The molecule has 0 saturated heterocycles. The van der Waals surface area contributed by atoms with Gasteiger partial charge >= 0.3 is 0 Å². The van der Waals surface area contributed by atoms with E-state index in [4.69, 9.17) is 8.60 Å². The first-order chi connectivity index (χ1) is 12.2. The number of halogens is 2. The Kier molecular flexibility index (Phi) is 4.64. The fourth-order valence-electron chi connectivity index (χ4n) is 2.73. The molecule has 26 heavy (non-hydrogen) atoms. The molecule has 0 fully saturated rings. The summed E-state index contributed by atoms with van der Waals surface area (Å²) >= 11 is 0. The Morgan fingerprint density at radius 3 is 2.46 bits per heavy atom. The van der Waals surface area contributed by atoms with E-state index in [0.717, 1.165) is 18.4 Å². The Labute approximate surface area is 148 Å². The average Bonchev–Trinajstić information content (AvgIpc) is 2.52. The first-order valence-electron chi connectivity index (χ1n) is 7.57. The Balaban J connectivity index is 2.38. The maximum absolute atomic E-state index is 14.2. The number of benzene rings is 2. The predicted octanol–water partition coefficient (Wildman–Crippen LogP) is 3.78. The molecule has 0 bridgehead atoms. The fourth-order valence-corrected chi connectivity index (χ4v) is 3.34. The van der Waals surface area contributed by atoms with Gasteiger partial charge in [-0.25, -0.2) is 8.78 Å². The molecule has 0 aliphatic carbocycles. The van der Waals surface area contributed by atoms with Crippen LogP contribution in [0.2, 0.25) is 0 Å². The summed E-state index contributed by atoms with van der Waals surface area (Å²) in [6, 6.07) is 8.92. The van der Waals surface area contributed by atoms with E-state index in [1.807, 2.05) is 0 Å². The highest BCUT2D eigenvalue weighted by atomic mass is 32.2. The van der Waals surface area contributed by atoms with Crippen molar-refractivity contribution in [1.82, 2.24) is 0 Å². The Morgan fingerprint density at radius 2 is 1.81 bits per heavy atom. The van der Waals surface area contributed by atoms with Gasteiger partial charge in [-0.2, -0.15) is 8.42 Å². The standard InChI is InChI=1S/C18H14F2O5S/c1-10(25-26(2,22)23)18-15(11-5-3-6-12(19)9-11)17(21)16-13(20)7-4-8-14(16)24-18/h3-10H,1-2H3/t10-/m1/s1. The van der Waals surface area contributed by atoms with Crippen molar-refractivity contribution in [3.05, 3.63) is 70.1 Å². The van der Waals surface area contributed by atoms with Crippen molar-refractivity contribution in [1.29, 1.82) is 0 Å². The third-order valence-corrected chi connectivity index (χ3v) is 4.34. The lowest BCUT2D eigenvalue weighted by atomic mass is 10.00. The summed E-state index contributed by atoms with van der Waals surface area (Å²) in [5.74, 6) is -1.54. The first-order valence-corrected chi connectivity index (χ1v) is 9.38. The molecule has 0 radical (unpaired) electrons. The largest absolute Gasteiger partial charge is 0.457 e. The minimum Gasteiger partial charge on any atom is -0.457 e. The predicted molar refractivity (Wildman–Crippen MR) is 92.2 cm³/mol. The molecule has 0 aliphatic heterocycles. The van der Waals surface area contributed by atoms with Crippen LogP contribution in [0.4, 0.5) is 8.78 Å². The van der Waals surface area contributed by atoms with Crippen LogP contribution in [0.1, 0.15) is 18.8 Å². The lowest BCUT2D eigenvalue weighted by Gasteiger charge is -2.15. The fraction of sp³-hybridized carbons (Fsp3) is 0.167. The quantitative estimate of drug-likeness (QED) is 0.644. The van der Waals surface area contributed by atoms with E-state index in [0.29, 0.717) is 0 Å². The molecule has 0 unspecified atom stereocenters. The molecular formula is C18H14F2O5S. The highest BCUT2D eigenvalue weighted by Gasteiger charge is 2.25. The number of rotatable bonds is 4. The van der Waals surface area contributed by atoms with Crippen LogP contribution >= 0.6 is 0 Å². The SMILES string of the molecule is C[C@@H](OS(C)(=O)=O)c1oc2cccc(F)c2c(=O)c1-c1cccc(F)c1. The van der Waals surface area contributed by atoms with Crippen LogP contribution in [0, 0.1) is 11.6 Å². The molecule has 1 heterocycles. The van der Waals surface area contributed by atoms with Gasteiger partial charge in [0.05, 0.1) is 11.8 Å². The highest BCUT2D eigenvalue weighted by Crippen LogP contribution is 2.32. The third-order valence-electron chi connectivity index (χ3n) is 3.70. The molecule has 8 heteroatoms. The lowest BCUT2D eigenvalue weighted by molar-refractivity contribution is 0.207. The molecular weight excluding hydrogens is 366 g/mol. The summed E-state index contributed by atoms with van der Waals surface area (Å²) in [5.41, 5.74) is -0.830. The molecule has 0 spiro atoms. The van der Waals surface area contributed by atoms with Crippen molar-refractivity contribution in [2.75, 3.05) is 6.26 Å². The molecule has 0 amide bonds. The van der Waals surface area contributed by atoms with Gasteiger partial charge in [0.15, 0.2) is 0 Å². The second-order valence-electron chi connectivity index (χ2n) is 5.74. The van der Waals surface area contributed by atoms with Crippen LogP contribution in [-0.4, -0.2) is 14.7 Å². The second-order valence-corrected chi connectivity index (χ2v) is 7.34. The van der Waals surface area contributed by atoms with Crippen molar-refractivity contribution in [3.8, 4) is 11.1 Å². The number of hydrogen-bond donors (Lipinski definition) is 0. The molecule has 0 aliphatic rings. The molecule has 0 N–H and O–H groups in total. The van der Waals surface area contributed by atoms with Crippen LogP contribution in [0.5, 0.6) is 0 Å². The van der Waals surface area contributed by atoms with Gasteiger partial charge in [-0.1, -0.05) is 18.2 Å². The summed E-state index contributed by atoms with van der Waals surface area (Å²) < 4.78 is 61.2. The first kappa shape index (κ1) is 18.2. The second kappa shape index (κ2) is 6.62. The average molecular weight is 380 g/mol. The van der Waals surface area contributed by atoms with E-state index in [1.165, 1.54) is 37.3 Å². The summed E-state index contributed by atoms with van der Waals surface area (Å²) in [4.78, 5) is 12.9. The minimum absolute atomic E-state index is 0.0610. The molecule has 2 aromatic carbocycles. The third kappa shape index (κ3) is 3.51. The number of fused-ring (bicyclic) bond motifs is 1. The van der Waals surface area contributed by atoms with E-state index < -0.39 is 33.3 Å². The van der Waals surface area contributed by atoms with Crippen molar-refractivity contribution >= 4 is 21.1 Å². The highest BCUT2D eigenvalue weighted by molar-refractivity contribution is 7.86. The maximum atomic E-state index is 14.2. The van der Waals surface area contributed by atoms with Crippen molar-refractivity contribution in [3.63, 3.8) is 0 Å². The van der Waals surface area contributed by atoms with E-state index >= 15 is 0 Å². The molecule has 1 aromatic heterocycles. The zero-order valence-electron chi connectivity index (χ0n) is 13.8. The molecule has 3 aromatic rings. The van der Waals surface area contributed by atoms with Gasteiger partial charge in [0, 0.05) is 0 Å². The van der Waals surface area contributed by atoms with Gasteiger partial charge in [0.1, 0.15) is 34.5 Å². The van der Waals surface area contributed by atoms with Crippen molar-refractivity contribution < 1.29 is 25.8 Å². The van der Waals surface area contributed by atoms with Gasteiger partial charge in [-0.05, 0) is 36.8 Å². The molecule has 3 rings (SSSR count). The molecule has 5 nitrogen and oxygen atoms in total. The number of hydrogen-bond acceptors (Lipinski definition) is 5. The normalized spacial score (nSPS) is 13.1. The molecule has 0 saturated carbocycles. The van der Waals surface area contributed by atoms with Gasteiger partial charge < -0.3 is 4.42 Å². The van der Waals surface area contributed by atoms with Gasteiger partial charge in [0.2, 0.25) is 5.43 Å². The van der Waals surface area contributed by atoms with Gasteiger partial charge in [-0.3, -0.25) is 8.98 Å². The Hall–Kier alpha value is -2.58. The van der Waals surface area contributed by atoms with Crippen molar-refractivity contribution in [2.24, 2.45) is 0 Å². The lowest BCUT2D eigenvalue weighted by Crippen LogP contribution is -2.15. The van der Waals surface area contributed by atoms with E-state index in [-0.39, 0.29) is 27.9 Å². The molecule has 1 atom stereocenters. The van der Waals surface area contributed by atoms with Crippen molar-refractivity contribution in [2.45, 2.75) is 13.0 Å². The minimum atomic E-state index is -3.86. The molecule has 136 valence electrons. The Morgan fingerprint density at radius 1 is 1.12 bits per heavy atom. The van der Waals surface area contributed by atoms with E-state index in [9.17, 15) is 22.0 Å². The van der Waals surface area contributed by atoms with Crippen LogP contribution < -0.4 is 5.43 Å². The Bertz CT molecular complexity index is 1150. The maximum Gasteiger partial charge on any atom is 0.265 e. The summed E-state index contributed by atoms with van der Waals surface area (Å²) in [6.45, 7) is 1.37. The van der Waals surface area contributed by atoms with Crippen LogP contribution in [0.3, 0.4) is 0 Å². The topological polar surface area (TPSA) is 73.6 Å². The zero-order chi connectivity index (χ0) is 19.1. The van der Waals surface area contributed by atoms with E-state index in [2.05, 4.69) is 0 Å². The monoisotopic (exact) mass is 380 g/mol. The van der Waals surface area contributed by atoms with E-state index in [1.54, 1.807) is 0 Å². The van der Waals surface area contributed by atoms with Crippen LogP contribution in [0.25, 0.3) is 22.1 Å². The van der Waals surface area contributed by atoms with Gasteiger partial charge in [-0.15, -0.1) is 0 Å². The zero-order valence-corrected chi connectivity index (χ0v) is 14.6. The smallest absolute Gasteiger partial charge is 0.265 e. The summed E-state index contributed by atoms with van der Waals surface area (Å²) in [6.07, 6.45) is -0.326. The van der Waals surface area contributed by atoms with Gasteiger partial charge in [0.25, 0.3) is 10.1 Å². The summed E-state index contributed by atoms with van der Waals surface area (Å²) in [7, 11) is -3.86.